The van der Waals surface area contributed by atoms with Crippen LogP contribution in [-0.2, 0) is 4.74 Å². The van der Waals surface area contributed by atoms with Gasteiger partial charge in [0.1, 0.15) is 4.70 Å². The molecule has 0 atom stereocenters. The highest BCUT2D eigenvalue weighted by Crippen LogP contribution is 2.35. The molecule has 0 bridgehead atoms. The monoisotopic (exact) mass is 387 g/mol. The van der Waals surface area contributed by atoms with E-state index in [1.807, 2.05) is 16.3 Å². The van der Waals surface area contributed by atoms with E-state index >= 15 is 0 Å². The van der Waals surface area contributed by atoms with Crippen molar-refractivity contribution in [2.45, 2.75) is 0 Å². The Balaban J connectivity index is 1.77. The molecule has 1 aliphatic heterocycles. The molecule has 0 spiro atoms. The minimum atomic E-state index is -0.0200. The zero-order chi connectivity index (χ0) is 17.9. The van der Waals surface area contributed by atoms with Crippen molar-refractivity contribution in [3.8, 4) is 11.1 Å². The molecule has 0 amide bonds. The highest BCUT2D eigenvalue weighted by Gasteiger charge is 2.18. The molecule has 0 saturated carbocycles. The van der Waals surface area contributed by atoms with Gasteiger partial charge in [0.2, 0.25) is 5.43 Å². The van der Waals surface area contributed by atoms with Gasteiger partial charge >= 0.3 is 0 Å². The summed E-state index contributed by atoms with van der Waals surface area (Å²) in [4.78, 5) is 18.9. The van der Waals surface area contributed by atoms with E-state index in [2.05, 4.69) is 16.3 Å². The molecule has 3 aromatic rings. The molecular weight excluding hydrogens is 370 g/mol. The van der Waals surface area contributed by atoms with Crippen molar-refractivity contribution >= 4 is 45.1 Å². The Morgan fingerprint density at radius 3 is 2.96 bits per heavy atom. The van der Waals surface area contributed by atoms with Gasteiger partial charge < -0.3 is 18.8 Å². The number of fused-ring (bicyclic) bond motifs is 1. The summed E-state index contributed by atoms with van der Waals surface area (Å²) < 4.78 is 15.3. The Labute approximate surface area is 158 Å². The minimum Gasteiger partial charge on any atom is -0.439 e. The lowest BCUT2D eigenvalue weighted by Crippen LogP contribution is -2.36. The molecule has 1 N–H and O–H groups in total. The van der Waals surface area contributed by atoms with Crippen LogP contribution in [0.3, 0.4) is 0 Å². The van der Waals surface area contributed by atoms with E-state index in [0.717, 1.165) is 16.8 Å². The quantitative estimate of drug-likeness (QED) is 0.665. The van der Waals surface area contributed by atoms with E-state index in [9.17, 15) is 4.79 Å². The highest BCUT2D eigenvalue weighted by molar-refractivity contribution is 8.03. The average Bonchev–Trinajstić information content (AvgIpc) is 3.12. The van der Waals surface area contributed by atoms with Gasteiger partial charge in [0.15, 0.2) is 11.5 Å². The first kappa shape index (κ1) is 17.1. The molecule has 0 radical (unpaired) electrons. The molecule has 4 rings (SSSR count). The maximum atomic E-state index is 12.5. The third kappa shape index (κ3) is 3.35. The van der Waals surface area contributed by atoms with Gasteiger partial charge in [-0.1, -0.05) is 6.58 Å². The van der Waals surface area contributed by atoms with E-state index in [1.54, 1.807) is 23.9 Å². The number of nitrogens with one attached hydrogen (secondary N) is 1. The fourth-order valence-electron chi connectivity index (χ4n) is 2.82. The van der Waals surface area contributed by atoms with E-state index in [4.69, 9.17) is 9.15 Å². The SMILES string of the molecule is C=CSNc1cncc(-c2csc3c(=O)cc(N4CCOCC4)oc23)c1. The second kappa shape index (κ2) is 7.53. The van der Waals surface area contributed by atoms with Crippen LogP contribution in [0.25, 0.3) is 21.4 Å². The lowest BCUT2D eigenvalue weighted by molar-refractivity contribution is 0.121. The molecule has 26 heavy (non-hydrogen) atoms. The maximum absolute atomic E-state index is 12.5. The van der Waals surface area contributed by atoms with E-state index in [-0.39, 0.29) is 5.43 Å². The van der Waals surface area contributed by atoms with E-state index < -0.39 is 0 Å². The molecule has 0 unspecified atom stereocenters. The average molecular weight is 387 g/mol. The molecular formula is C18H17N3O3S2. The molecule has 0 aromatic carbocycles. The van der Waals surface area contributed by atoms with Crippen LogP contribution in [0, 0.1) is 0 Å². The minimum absolute atomic E-state index is 0.0200. The Morgan fingerprint density at radius 1 is 1.31 bits per heavy atom. The summed E-state index contributed by atoms with van der Waals surface area (Å²) in [7, 11) is 0. The number of thiophene rings is 1. The first-order chi connectivity index (χ1) is 12.8. The number of aromatic nitrogens is 1. The molecule has 4 heterocycles. The van der Waals surface area contributed by atoms with Crippen molar-refractivity contribution in [1.29, 1.82) is 0 Å². The second-order valence-electron chi connectivity index (χ2n) is 5.70. The van der Waals surface area contributed by atoms with Gasteiger partial charge in [-0.2, -0.15) is 0 Å². The molecule has 3 aromatic heterocycles. The topological polar surface area (TPSA) is 67.6 Å². The van der Waals surface area contributed by atoms with Crippen LogP contribution in [-0.4, -0.2) is 31.3 Å². The van der Waals surface area contributed by atoms with E-state index in [1.165, 1.54) is 23.3 Å². The number of hydrogen-bond acceptors (Lipinski definition) is 8. The number of hydrogen-bond donors (Lipinski definition) is 1. The van der Waals surface area contributed by atoms with Crippen molar-refractivity contribution in [2.24, 2.45) is 0 Å². The number of ether oxygens (including phenoxy) is 1. The standard InChI is InChI=1S/C18H17N3O3S2/c1-2-26-20-13-7-12(9-19-10-13)14-11-25-18-15(22)8-16(24-17(14)18)21-3-5-23-6-4-21/h2,7-11,20H,1,3-6H2. The predicted octanol–water partition coefficient (Wildman–Crippen LogP) is 3.96. The van der Waals surface area contributed by atoms with Gasteiger partial charge in [-0.15, -0.1) is 11.3 Å². The zero-order valence-corrected chi connectivity index (χ0v) is 15.6. The van der Waals surface area contributed by atoms with Gasteiger partial charge in [-0.3, -0.25) is 9.78 Å². The predicted molar refractivity (Wildman–Crippen MR) is 108 cm³/mol. The fraction of sp³-hybridized carbons (Fsp3) is 0.222. The van der Waals surface area contributed by atoms with Crippen molar-refractivity contribution < 1.29 is 9.15 Å². The maximum Gasteiger partial charge on any atom is 0.204 e. The second-order valence-corrected chi connectivity index (χ2v) is 7.36. The summed E-state index contributed by atoms with van der Waals surface area (Å²) >= 11 is 2.77. The van der Waals surface area contributed by atoms with Crippen molar-refractivity contribution in [1.82, 2.24) is 4.98 Å². The number of pyridine rings is 1. The summed E-state index contributed by atoms with van der Waals surface area (Å²) in [6, 6.07) is 3.55. The van der Waals surface area contributed by atoms with Crippen LogP contribution in [0.1, 0.15) is 0 Å². The Hall–Kier alpha value is -2.29. The van der Waals surface area contributed by atoms with Gasteiger partial charge in [0.25, 0.3) is 0 Å². The first-order valence-electron chi connectivity index (χ1n) is 8.12. The Bertz CT molecular complexity index is 993. The molecule has 6 nitrogen and oxygen atoms in total. The fourth-order valence-corrected chi connectivity index (χ4v) is 4.07. The van der Waals surface area contributed by atoms with Crippen LogP contribution in [0.4, 0.5) is 11.6 Å². The summed E-state index contributed by atoms with van der Waals surface area (Å²) in [5.74, 6) is 0.593. The largest absolute Gasteiger partial charge is 0.439 e. The molecule has 8 heteroatoms. The van der Waals surface area contributed by atoms with Crippen molar-refractivity contribution in [3.63, 3.8) is 0 Å². The normalized spacial score (nSPS) is 14.5. The lowest BCUT2D eigenvalue weighted by atomic mass is 10.1. The Kier molecular flexibility index (Phi) is 4.96. The zero-order valence-electron chi connectivity index (χ0n) is 13.9. The van der Waals surface area contributed by atoms with Gasteiger partial charge in [0, 0.05) is 41.9 Å². The van der Waals surface area contributed by atoms with Gasteiger partial charge in [-0.25, -0.2) is 0 Å². The molecule has 0 aliphatic carbocycles. The number of rotatable bonds is 5. The van der Waals surface area contributed by atoms with Crippen molar-refractivity contribution in [2.75, 3.05) is 35.9 Å². The molecule has 1 saturated heterocycles. The summed E-state index contributed by atoms with van der Waals surface area (Å²) in [6.45, 7) is 6.37. The van der Waals surface area contributed by atoms with Crippen LogP contribution in [0.5, 0.6) is 0 Å². The summed E-state index contributed by atoms with van der Waals surface area (Å²) in [5, 5.41) is 3.65. The molecule has 134 valence electrons. The number of morpholine rings is 1. The highest BCUT2D eigenvalue weighted by atomic mass is 32.2. The van der Waals surface area contributed by atoms with Crippen molar-refractivity contribution in [3.05, 3.63) is 52.1 Å². The van der Waals surface area contributed by atoms with E-state index in [0.29, 0.717) is 42.5 Å². The lowest BCUT2D eigenvalue weighted by Gasteiger charge is -2.27. The van der Waals surface area contributed by atoms with Crippen LogP contribution >= 0.6 is 23.3 Å². The molecule has 1 fully saturated rings. The van der Waals surface area contributed by atoms with Gasteiger partial charge in [0.05, 0.1) is 25.1 Å². The van der Waals surface area contributed by atoms with Gasteiger partial charge in [-0.05, 0) is 23.4 Å². The van der Waals surface area contributed by atoms with Crippen LogP contribution < -0.4 is 15.1 Å². The van der Waals surface area contributed by atoms with Crippen LogP contribution in [0.2, 0.25) is 0 Å². The smallest absolute Gasteiger partial charge is 0.204 e. The summed E-state index contributed by atoms with van der Waals surface area (Å²) in [6.07, 6.45) is 3.51. The third-order valence-corrected chi connectivity index (χ3v) is 5.56. The number of nitrogens with zero attached hydrogens (tertiary/aromatic N) is 2. The Morgan fingerprint density at radius 2 is 2.15 bits per heavy atom. The molecule has 1 aliphatic rings. The number of anilines is 2. The first-order valence-corrected chi connectivity index (χ1v) is 9.88. The summed E-state index contributed by atoms with van der Waals surface area (Å²) in [5.41, 5.74) is 3.22. The van der Waals surface area contributed by atoms with Crippen LogP contribution in [0.15, 0.2) is 51.1 Å². The third-order valence-electron chi connectivity index (χ3n) is 4.06.